The third-order valence-corrected chi connectivity index (χ3v) is 2.08. The average molecular weight is 211 g/mol. The second-order valence-electron chi connectivity index (χ2n) is 3.78. The van der Waals surface area contributed by atoms with Crippen LogP contribution in [0.2, 0.25) is 0 Å². The fraction of sp³-hybridized carbons (Fsp3) is 0.600. The lowest BCUT2D eigenvalue weighted by atomic mass is 10.3. The number of carbonyl (C=O) groups is 1. The molecule has 0 aromatic carbocycles. The van der Waals surface area contributed by atoms with Gasteiger partial charge in [0.15, 0.2) is 0 Å². The van der Waals surface area contributed by atoms with Crippen LogP contribution in [-0.2, 0) is 16.1 Å². The van der Waals surface area contributed by atoms with E-state index in [4.69, 9.17) is 10.5 Å². The van der Waals surface area contributed by atoms with Crippen LogP contribution in [0.4, 0.5) is 5.69 Å². The van der Waals surface area contributed by atoms with Crippen LogP contribution < -0.4 is 5.73 Å². The van der Waals surface area contributed by atoms with Crippen molar-refractivity contribution in [2.24, 2.45) is 0 Å². The van der Waals surface area contributed by atoms with Crippen molar-refractivity contribution < 1.29 is 9.53 Å². The van der Waals surface area contributed by atoms with E-state index in [-0.39, 0.29) is 18.6 Å². The van der Waals surface area contributed by atoms with E-state index in [2.05, 4.69) is 5.10 Å². The normalized spacial score (nSPS) is 10.7. The zero-order valence-electron chi connectivity index (χ0n) is 9.57. The van der Waals surface area contributed by atoms with Crippen LogP contribution in [0.3, 0.4) is 0 Å². The molecule has 84 valence electrons. The molecule has 1 heterocycles. The molecule has 0 spiro atoms. The Morgan fingerprint density at radius 2 is 2.13 bits per heavy atom. The molecule has 0 aliphatic rings. The molecule has 0 fully saturated rings. The van der Waals surface area contributed by atoms with Crippen molar-refractivity contribution in [2.45, 2.75) is 40.3 Å². The molecule has 5 heteroatoms. The zero-order valence-corrected chi connectivity index (χ0v) is 9.57. The number of carbonyl (C=O) groups excluding carboxylic acids is 1. The van der Waals surface area contributed by atoms with Crippen LogP contribution in [0.25, 0.3) is 0 Å². The van der Waals surface area contributed by atoms with Gasteiger partial charge in [0.25, 0.3) is 0 Å². The number of aryl methyl sites for hydroxylation is 1. The quantitative estimate of drug-likeness (QED) is 0.758. The van der Waals surface area contributed by atoms with Gasteiger partial charge >= 0.3 is 5.97 Å². The second kappa shape index (κ2) is 4.33. The average Bonchev–Trinajstić information content (AvgIpc) is 2.32. The second-order valence-corrected chi connectivity index (χ2v) is 3.78. The van der Waals surface area contributed by atoms with E-state index in [1.54, 1.807) is 4.68 Å². The minimum absolute atomic E-state index is 0.105. The van der Waals surface area contributed by atoms with Gasteiger partial charge in [-0.3, -0.25) is 9.48 Å². The summed E-state index contributed by atoms with van der Waals surface area (Å²) in [6, 6.07) is 0. The molecule has 0 aliphatic carbocycles. The first-order chi connectivity index (χ1) is 6.91. The molecule has 2 N–H and O–H groups in total. The first-order valence-electron chi connectivity index (χ1n) is 4.90. The Balaban J connectivity index is 2.73. The van der Waals surface area contributed by atoms with Crippen molar-refractivity contribution in [3.63, 3.8) is 0 Å². The summed E-state index contributed by atoms with van der Waals surface area (Å²) >= 11 is 0. The van der Waals surface area contributed by atoms with Crippen LogP contribution in [0.15, 0.2) is 0 Å². The van der Waals surface area contributed by atoms with Crippen LogP contribution in [0.5, 0.6) is 0 Å². The van der Waals surface area contributed by atoms with Gasteiger partial charge in [-0.1, -0.05) is 0 Å². The first kappa shape index (κ1) is 11.6. The Morgan fingerprint density at radius 3 is 2.53 bits per heavy atom. The Labute approximate surface area is 89.2 Å². The van der Waals surface area contributed by atoms with Crippen LogP contribution >= 0.6 is 0 Å². The molecule has 0 saturated heterocycles. The summed E-state index contributed by atoms with van der Waals surface area (Å²) in [7, 11) is 0. The maximum Gasteiger partial charge on any atom is 0.328 e. The highest BCUT2D eigenvalue weighted by molar-refractivity contribution is 5.69. The molecule has 1 aromatic heterocycles. The van der Waals surface area contributed by atoms with Gasteiger partial charge in [-0.05, 0) is 27.7 Å². The maximum atomic E-state index is 11.4. The van der Waals surface area contributed by atoms with E-state index in [1.807, 2.05) is 27.7 Å². The smallest absolute Gasteiger partial charge is 0.328 e. The van der Waals surface area contributed by atoms with Gasteiger partial charge in [-0.2, -0.15) is 5.10 Å². The third-order valence-electron chi connectivity index (χ3n) is 2.08. The van der Waals surface area contributed by atoms with E-state index < -0.39 is 0 Å². The highest BCUT2D eigenvalue weighted by Gasteiger charge is 2.12. The molecule has 0 saturated carbocycles. The largest absolute Gasteiger partial charge is 0.462 e. The number of nitrogen functional groups attached to an aromatic ring is 1. The van der Waals surface area contributed by atoms with Gasteiger partial charge in [0.2, 0.25) is 0 Å². The monoisotopic (exact) mass is 211 g/mol. The van der Waals surface area contributed by atoms with Crippen molar-refractivity contribution in [3.8, 4) is 0 Å². The molecule has 0 aliphatic heterocycles. The van der Waals surface area contributed by atoms with Gasteiger partial charge in [0.1, 0.15) is 6.54 Å². The predicted molar refractivity (Wildman–Crippen MR) is 57.3 cm³/mol. The maximum absolute atomic E-state index is 11.4. The number of ether oxygens (including phenoxy) is 1. The number of aromatic nitrogens is 2. The van der Waals surface area contributed by atoms with E-state index in [9.17, 15) is 4.79 Å². The number of hydrogen-bond acceptors (Lipinski definition) is 4. The molecule has 0 radical (unpaired) electrons. The molecule has 0 unspecified atom stereocenters. The van der Waals surface area contributed by atoms with Crippen LogP contribution in [-0.4, -0.2) is 21.9 Å². The fourth-order valence-electron chi connectivity index (χ4n) is 1.29. The molecule has 1 rings (SSSR count). The van der Waals surface area contributed by atoms with E-state index in [1.165, 1.54) is 0 Å². The number of nitrogens with two attached hydrogens (primary N) is 1. The number of esters is 1. The van der Waals surface area contributed by atoms with Gasteiger partial charge < -0.3 is 10.5 Å². The standard InChI is InChI=1S/C10H17N3O2/c1-6(2)15-9(14)5-13-8(4)10(11)7(3)12-13/h6H,5,11H2,1-4H3. The summed E-state index contributed by atoms with van der Waals surface area (Å²) in [6.45, 7) is 7.38. The number of rotatable bonds is 3. The highest BCUT2D eigenvalue weighted by atomic mass is 16.5. The van der Waals surface area contributed by atoms with Crippen molar-refractivity contribution in [1.82, 2.24) is 9.78 Å². The molecule has 0 amide bonds. The summed E-state index contributed by atoms with van der Waals surface area (Å²) in [5.74, 6) is -0.296. The van der Waals surface area contributed by atoms with Crippen molar-refractivity contribution in [3.05, 3.63) is 11.4 Å². The summed E-state index contributed by atoms with van der Waals surface area (Å²) in [5, 5.41) is 4.15. The van der Waals surface area contributed by atoms with Gasteiger partial charge in [0.05, 0.1) is 23.2 Å². The summed E-state index contributed by atoms with van der Waals surface area (Å²) in [4.78, 5) is 11.4. The fourth-order valence-corrected chi connectivity index (χ4v) is 1.29. The molecule has 5 nitrogen and oxygen atoms in total. The van der Waals surface area contributed by atoms with Gasteiger partial charge in [0, 0.05) is 0 Å². The molecular weight excluding hydrogens is 194 g/mol. The van der Waals surface area contributed by atoms with Crippen LogP contribution in [0, 0.1) is 13.8 Å². The van der Waals surface area contributed by atoms with E-state index >= 15 is 0 Å². The van der Waals surface area contributed by atoms with Crippen molar-refractivity contribution in [2.75, 3.05) is 5.73 Å². The van der Waals surface area contributed by atoms with Gasteiger partial charge in [-0.25, -0.2) is 0 Å². The first-order valence-corrected chi connectivity index (χ1v) is 4.90. The van der Waals surface area contributed by atoms with Crippen LogP contribution in [0.1, 0.15) is 25.2 Å². The number of hydrogen-bond donors (Lipinski definition) is 1. The lowest BCUT2D eigenvalue weighted by molar-refractivity contribution is -0.148. The zero-order chi connectivity index (χ0) is 11.6. The van der Waals surface area contributed by atoms with E-state index in [0.29, 0.717) is 5.69 Å². The van der Waals surface area contributed by atoms with Crippen molar-refractivity contribution >= 4 is 11.7 Å². The Bertz CT molecular complexity index is 369. The Morgan fingerprint density at radius 1 is 1.53 bits per heavy atom. The summed E-state index contributed by atoms with van der Waals surface area (Å²) in [5.41, 5.74) is 7.92. The Kier molecular flexibility index (Phi) is 3.34. The summed E-state index contributed by atoms with van der Waals surface area (Å²) in [6.07, 6.45) is -0.105. The number of anilines is 1. The Hall–Kier alpha value is -1.52. The molecule has 0 bridgehead atoms. The minimum atomic E-state index is -0.296. The summed E-state index contributed by atoms with van der Waals surface area (Å²) < 4.78 is 6.58. The van der Waals surface area contributed by atoms with Crippen molar-refractivity contribution in [1.29, 1.82) is 0 Å². The highest BCUT2D eigenvalue weighted by Crippen LogP contribution is 2.14. The topological polar surface area (TPSA) is 70.1 Å². The van der Waals surface area contributed by atoms with Gasteiger partial charge in [-0.15, -0.1) is 0 Å². The number of nitrogens with zero attached hydrogens (tertiary/aromatic N) is 2. The lowest BCUT2D eigenvalue weighted by Crippen LogP contribution is -2.19. The van der Waals surface area contributed by atoms with E-state index in [0.717, 1.165) is 11.4 Å². The predicted octanol–water partition coefficient (Wildman–Crippen LogP) is 1.03. The molecule has 0 atom stereocenters. The molecule has 15 heavy (non-hydrogen) atoms. The SMILES string of the molecule is Cc1nn(CC(=O)OC(C)C)c(C)c1N. The lowest BCUT2D eigenvalue weighted by Gasteiger charge is -2.08. The third kappa shape index (κ3) is 2.71. The minimum Gasteiger partial charge on any atom is -0.462 e. The molecular formula is C10H17N3O2. The molecule has 1 aromatic rings.